The van der Waals surface area contributed by atoms with Crippen molar-refractivity contribution >= 4 is 27.5 Å². The van der Waals surface area contributed by atoms with Gasteiger partial charge in [-0.25, -0.2) is 13.2 Å². The summed E-state index contributed by atoms with van der Waals surface area (Å²) in [6, 6.07) is 28.3. The summed E-state index contributed by atoms with van der Waals surface area (Å²) in [7, 11) is -3.83. The molecule has 0 unspecified atom stereocenters. The van der Waals surface area contributed by atoms with E-state index >= 15 is 0 Å². The van der Waals surface area contributed by atoms with Gasteiger partial charge >= 0.3 is 5.97 Å². The van der Waals surface area contributed by atoms with Gasteiger partial charge in [-0.05, 0) is 60.5 Å². The lowest BCUT2D eigenvalue weighted by Gasteiger charge is -2.19. The van der Waals surface area contributed by atoms with Crippen LogP contribution in [0.15, 0.2) is 108 Å². The van der Waals surface area contributed by atoms with Crippen molar-refractivity contribution in [2.75, 3.05) is 10.8 Å². The first-order valence-corrected chi connectivity index (χ1v) is 12.5. The summed E-state index contributed by atoms with van der Waals surface area (Å²) < 4.78 is 33.4. The van der Waals surface area contributed by atoms with Crippen LogP contribution in [0.2, 0.25) is 0 Å². The van der Waals surface area contributed by atoms with Crippen LogP contribution in [0.4, 0.5) is 5.69 Å². The monoisotopic (exact) mass is 483 g/mol. The fourth-order valence-corrected chi connectivity index (χ4v) is 5.61. The first-order valence-electron chi connectivity index (χ1n) is 11.1. The lowest BCUT2D eigenvalue weighted by atomic mass is 10.0. The Hall–Kier alpha value is -4.23. The van der Waals surface area contributed by atoms with Crippen molar-refractivity contribution in [2.24, 2.45) is 0 Å². The summed E-state index contributed by atoms with van der Waals surface area (Å²) in [6.45, 7) is 0.352. The number of rotatable bonds is 6. The first-order chi connectivity index (χ1) is 16.9. The molecule has 0 spiro atoms. The zero-order valence-electron chi connectivity index (χ0n) is 18.6. The smallest absolute Gasteiger partial charge is 0.343 e. The summed E-state index contributed by atoms with van der Waals surface area (Å²) in [5.41, 5.74) is 2.78. The number of ether oxygens (including phenoxy) is 1. The highest BCUT2D eigenvalue weighted by Gasteiger charge is 2.31. The Labute approximate surface area is 203 Å². The van der Waals surface area contributed by atoms with Gasteiger partial charge in [-0.1, -0.05) is 54.6 Å². The second-order valence-corrected chi connectivity index (χ2v) is 9.96. The Bertz CT molecular complexity index is 1510. The number of ketones is 1. The SMILES string of the molecule is O=C(Oc1ccc(C(=O)c2ccccc2)cc1)c1cccc(S(=O)(=O)N2CCc3ccccc32)c1. The minimum atomic E-state index is -3.83. The molecule has 0 radical (unpaired) electrons. The van der Waals surface area contributed by atoms with E-state index in [0.29, 0.717) is 29.8 Å². The first kappa shape index (κ1) is 22.6. The van der Waals surface area contributed by atoms with Crippen LogP contribution in [0.1, 0.15) is 31.8 Å². The van der Waals surface area contributed by atoms with Crippen LogP contribution in [0.3, 0.4) is 0 Å². The van der Waals surface area contributed by atoms with Crippen LogP contribution in [0.25, 0.3) is 0 Å². The van der Waals surface area contributed by atoms with Crippen LogP contribution >= 0.6 is 0 Å². The average molecular weight is 484 g/mol. The van der Waals surface area contributed by atoms with Crippen molar-refractivity contribution in [1.29, 1.82) is 0 Å². The highest BCUT2D eigenvalue weighted by atomic mass is 32.2. The highest BCUT2D eigenvalue weighted by Crippen LogP contribution is 2.32. The second-order valence-electron chi connectivity index (χ2n) is 8.09. The number of hydrogen-bond acceptors (Lipinski definition) is 5. The van der Waals surface area contributed by atoms with E-state index in [2.05, 4.69) is 0 Å². The maximum absolute atomic E-state index is 13.3. The van der Waals surface area contributed by atoms with E-state index in [1.807, 2.05) is 18.2 Å². The third-order valence-corrected chi connectivity index (χ3v) is 7.67. The van der Waals surface area contributed by atoms with Crippen LogP contribution in [0.5, 0.6) is 5.75 Å². The van der Waals surface area contributed by atoms with Crippen molar-refractivity contribution in [3.8, 4) is 5.75 Å². The Morgan fingerprint density at radius 2 is 1.37 bits per heavy atom. The van der Waals surface area contributed by atoms with E-state index < -0.39 is 16.0 Å². The molecule has 0 aliphatic carbocycles. The van der Waals surface area contributed by atoms with Crippen LogP contribution in [-0.2, 0) is 16.4 Å². The van der Waals surface area contributed by atoms with Gasteiger partial charge in [0.05, 0.1) is 16.1 Å². The second kappa shape index (κ2) is 9.19. The van der Waals surface area contributed by atoms with Gasteiger partial charge in [-0.3, -0.25) is 9.10 Å². The fraction of sp³-hybridized carbons (Fsp3) is 0.0714. The standard InChI is InChI=1S/C28H21NO5S/c30-27(21-8-2-1-3-9-21)22-13-15-24(16-14-22)34-28(31)23-10-6-11-25(19-23)35(32,33)29-18-17-20-7-4-5-12-26(20)29/h1-16,19H,17-18H2. The third kappa shape index (κ3) is 4.46. The average Bonchev–Trinajstić information content (AvgIpc) is 3.34. The molecule has 35 heavy (non-hydrogen) atoms. The van der Waals surface area contributed by atoms with Crippen molar-refractivity contribution in [3.63, 3.8) is 0 Å². The fourth-order valence-electron chi connectivity index (χ4n) is 4.06. The predicted octanol–water partition coefficient (Wildman–Crippen LogP) is 4.89. The Morgan fingerprint density at radius 3 is 2.14 bits per heavy atom. The summed E-state index contributed by atoms with van der Waals surface area (Å²) in [4.78, 5) is 25.3. The minimum absolute atomic E-state index is 0.0208. The molecule has 0 amide bonds. The summed E-state index contributed by atoms with van der Waals surface area (Å²) in [5.74, 6) is -0.572. The molecule has 1 heterocycles. The zero-order valence-corrected chi connectivity index (χ0v) is 19.4. The largest absolute Gasteiger partial charge is 0.423 e. The van der Waals surface area contributed by atoms with Gasteiger partial charge in [0.15, 0.2) is 5.78 Å². The van der Waals surface area contributed by atoms with Crippen LogP contribution in [-0.4, -0.2) is 26.7 Å². The normalized spacial score (nSPS) is 12.7. The van der Waals surface area contributed by atoms with E-state index in [4.69, 9.17) is 4.74 Å². The number of carbonyl (C=O) groups excluding carboxylic acids is 2. The van der Waals surface area contributed by atoms with Crippen molar-refractivity contribution in [1.82, 2.24) is 0 Å². The molecule has 4 aromatic carbocycles. The van der Waals surface area contributed by atoms with Gasteiger partial charge in [0.1, 0.15) is 5.75 Å². The number of carbonyl (C=O) groups is 2. The number of hydrogen-bond donors (Lipinski definition) is 0. The van der Waals surface area contributed by atoms with Crippen LogP contribution in [0, 0.1) is 0 Å². The number of esters is 1. The molecule has 0 bridgehead atoms. The predicted molar refractivity (Wildman–Crippen MR) is 132 cm³/mol. The molecule has 0 aromatic heterocycles. The Morgan fingerprint density at radius 1 is 0.714 bits per heavy atom. The number of para-hydroxylation sites is 1. The molecular formula is C28H21NO5S. The topological polar surface area (TPSA) is 80.8 Å². The van der Waals surface area contributed by atoms with E-state index in [0.717, 1.165) is 5.56 Å². The highest BCUT2D eigenvalue weighted by molar-refractivity contribution is 7.92. The van der Waals surface area contributed by atoms with Gasteiger partial charge in [0.25, 0.3) is 10.0 Å². The summed E-state index contributed by atoms with van der Waals surface area (Å²) >= 11 is 0. The van der Waals surface area contributed by atoms with Crippen molar-refractivity contribution in [3.05, 3.63) is 125 Å². The molecule has 0 fully saturated rings. The maximum atomic E-state index is 13.3. The molecule has 6 nitrogen and oxygen atoms in total. The molecule has 0 atom stereocenters. The Kier molecular flexibility index (Phi) is 5.93. The molecule has 1 aliphatic rings. The minimum Gasteiger partial charge on any atom is -0.423 e. The molecule has 0 N–H and O–H groups in total. The molecule has 4 aromatic rings. The van der Waals surface area contributed by atoms with E-state index in [1.54, 1.807) is 48.5 Å². The lowest BCUT2D eigenvalue weighted by molar-refractivity contribution is 0.0734. The van der Waals surface area contributed by atoms with Gasteiger partial charge in [-0.2, -0.15) is 0 Å². The molecule has 0 saturated heterocycles. The zero-order chi connectivity index (χ0) is 24.4. The molecule has 7 heteroatoms. The van der Waals surface area contributed by atoms with Gasteiger partial charge in [0, 0.05) is 17.7 Å². The van der Waals surface area contributed by atoms with E-state index in [9.17, 15) is 18.0 Å². The third-order valence-electron chi connectivity index (χ3n) is 5.87. The molecule has 0 saturated carbocycles. The Balaban J connectivity index is 1.33. The van der Waals surface area contributed by atoms with E-state index in [-0.39, 0.29) is 22.0 Å². The molecular weight excluding hydrogens is 462 g/mol. The summed E-state index contributed by atoms with van der Waals surface area (Å²) in [5, 5.41) is 0. The lowest BCUT2D eigenvalue weighted by Crippen LogP contribution is -2.29. The maximum Gasteiger partial charge on any atom is 0.343 e. The van der Waals surface area contributed by atoms with Crippen molar-refractivity contribution in [2.45, 2.75) is 11.3 Å². The van der Waals surface area contributed by atoms with Gasteiger partial charge in [-0.15, -0.1) is 0 Å². The number of anilines is 1. The quantitative estimate of drug-likeness (QED) is 0.222. The molecule has 174 valence electrons. The van der Waals surface area contributed by atoms with E-state index in [1.165, 1.54) is 40.7 Å². The number of fused-ring (bicyclic) bond motifs is 1. The number of benzene rings is 4. The molecule has 5 rings (SSSR count). The van der Waals surface area contributed by atoms with Crippen LogP contribution < -0.4 is 9.04 Å². The number of sulfonamides is 1. The summed E-state index contributed by atoms with van der Waals surface area (Å²) in [6.07, 6.45) is 0.639. The number of nitrogens with zero attached hydrogens (tertiary/aromatic N) is 1. The van der Waals surface area contributed by atoms with Crippen molar-refractivity contribution < 1.29 is 22.7 Å². The van der Waals surface area contributed by atoms with Gasteiger partial charge in [0.2, 0.25) is 0 Å². The van der Waals surface area contributed by atoms with Gasteiger partial charge < -0.3 is 4.74 Å². The molecule has 1 aliphatic heterocycles.